The SMILES string of the molecule is COC[C@@]12CN(C)[C@@H]3[C@@H]4[C@H](OC)[C@H]1[C@@]3([C@@H](OC)C[C@H]2O)[C@@H]1C[C@@]2(O)C(OC)[C@H](O)[C@@]4(O)[C@@H]1[C@H]2OC(=O)c1ccccc1. The molecule has 1 aromatic rings. The summed E-state index contributed by atoms with van der Waals surface area (Å²) >= 11 is 0. The Kier molecular flexibility index (Phi) is 6.52. The molecule has 5 aliphatic carbocycles. The van der Waals surface area contributed by atoms with Crippen LogP contribution in [0.5, 0.6) is 0 Å². The van der Waals surface area contributed by atoms with Gasteiger partial charge in [0.15, 0.2) is 0 Å². The maximum absolute atomic E-state index is 13.5. The summed E-state index contributed by atoms with van der Waals surface area (Å²) in [6, 6.07) is 8.22. The number of nitrogens with zero attached hydrogens (tertiary/aromatic N) is 1. The summed E-state index contributed by atoms with van der Waals surface area (Å²) in [6.45, 7) is 0.760. The minimum Gasteiger partial charge on any atom is -0.455 e. The van der Waals surface area contributed by atoms with Crippen LogP contribution in [-0.4, -0.2) is 134 Å². The van der Waals surface area contributed by atoms with Gasteiger partial charge in [-0.3, -0.25) is 0 Å². The molecule has 0 radical (unpaired) electrons. The predicted octanol–water partition coefficient (Wildman–Crippen LogP) is -0.313. The Morgan fingerprint density at radius 2 is 1.71 bits per heavy atom. The average Bonchev–Trinajstić information content (AvgIpc) is 3.37. The highest BCUT2D eigenvalue weighted by Gasteiger charge is 2.91. The van der Waals surface area contributed by atoms with Crippen LogP contribution in [0.3, 0.4) is 0 Å². The van der Waals surface area contributed by atoms with Gasteiger partial charge in [-0.2, -0.15) is 0 Å². The summed E-state index contributed by atoms with van der Waals surface area (Å²) in [6.07, 6.45) is -5.28. The van der Waals surface area contributed by atoms with E-state index in [0.29, 0.717) is 18.5 Å². The summed E-state index contributed by atoms with van der Waals surface area (Å²) in [7, 11) is 8.22. The largest absolute Gasteiger partial charge is 0.455 e. The zero-order valence-electron chi connectivity index (χ0n) is 24.8. The number of aliphatic hydroxyl groups excluding tert-OH is 2. The second kappa shape index (κ2) is 9.42. The smallest absolute Gasteiger partial charge is 0.338 e. The van der Waals surface area contributed by atoms with Gasteiger partial charge in [-0.1, -0.05) is 18.2 Å². The number of likely N-dealkylation sites (tertiary alicyclic amines) is 1. The molecular weight excluding hydrogens is 546 g/mol. The highest BCUT2D eigenvalue weighted by Crippen LogP contribution is 2.80. The Bertz CT molecular complexity index is 1240. The third-order valence-corrected chi connectivity index (χ3v) is 12.6. The summed E-state index contributed by atoms with van der Waals surface area (Å²) in [5.74, 6) is -2.96. The minimum absolute atomic E-state index is 0.102. The number of carbonyl (C=O) groups excluding carboxylic acids is 1. The van der Waals surface area contributed by atoms with E-state index in [1.807, 2.05) is 7.05 Å². The van der Waals surface area contributed by atoms with Crippen LogP contribution in [-0.2, 0) is 23.7 Å². The van der Waals surface area contributed by atoms with Crippen molar-refractivity contribution in [3.8, 4) is 0 Å². The Balaban J connectivity index is 1.47. The molecule has 5 saturated carbocycles. The zero-order valence-corrected chi connectivity index (χ0v) is 24.8. The van der Waals surface area contributed by atoms with E-state index in [-0.39, 0.29) is 25.0 Å². The molecule has 1 aliphatic heterocycles. The van der Waals surface area contributed by atoms with E-state index >= 15 is 0 Å². The van der Waals surface area contributed by atoms with Gasteiger partial charge in [0.1, 0.15) is 29.5 Å². The molecule has 11 nitrogen and oxygen atoms in total. The highest BCUT2D eigenvalue weighted by atomic mass is 16.6. The maximum Gasteiger partial charge on any atom is 0.338 e. The van der Waals surface area contributed by atoms with E-state index in [2.05, 4.69) is 4.90 Å². The van der Waals surface area contributed by atoms with Crippen LogP contribution in [0.4, 0.5) is 0 Å². The average molecular weight is 590 g/mol. The second-order valence-corrected chi connectivity index (χ2v) is 13.7. The summed E-state index contributed by atoms with van der Waals surface area (Å²) in [4.78, 5) is 15.7. The standard InChI is InChI=1S/C31H43NO10/c1-32-13-28(14-38-2)17(33)11-18(39-3)30-16-12-29(36)25(42-27(35)15-9-7-6-8-10-15)19(16)31(37,24(34)26(29)41-5)20(23(30)32)21(40-4)22(28)30/h6-10,16-26,33-34,36-37H,11-14H2,1-5H3/t16-,17-,18+,19+,20+,21+,22-,23-,24+,25-,26?,28-,29+,30+,31-/m1/s1. The number of carbonyl (C=O) groups is 1. The van der Waals surface area contributed by atoms with Crippen LogP contribution in [0.2, 0.25) is 0 Å². The number of esters is 1. The molecule has 11 heteroatoms. The normalized spacial score (nSPS) is 53.7. The van der Waals surface area contributed by atoms with Gasteiger partial charge < -0.3 is 49.0 Å². The third-order valence-electron chi connectivity index (χ3n) is 12.6. The molecule has 1 unspecified atom stereocenters. The van der Waals surface area contributed by atoms with Crippen LogP contribution in [0.1, 0.15) is 23.2 Å². The van der Waals surface area contributed by atoms with Crippen LogP contribution >= 0.6 is 0 Å². The number of piperidine rings is 1. The zero-order chi connectivity index (χ0) is 30.0. The van der Waals surface area contributed by atoms with Crippen molar-refractivity contribution >= 4 is 5.97 Å². The quantitative estimate of drug-likeness (QED) is 0.311. The second-order valence-electron chi connectivity index (χ2n) is 13.7. The molecule has 0 aromatic heterocycles. The van der Waals surface area contributed by atoms with E-state index in [1.54, 1.807) is 51.7 Å². The van der Waals surface area contributed by atoms with Gasteiger partial charge in [-0.05, 0) is 31.5 Å². The van der Waals surface area contributed by atoms with Crippen molar-refractivity contribution in [2.24, 2.45) is 34.5 Å². The predicted molar refractivity (Wildman–Crippen MR) is 146 cm³/mol. The number of fused-ring (bicyclic) bond motifs is 2. The fraction of sp³-hybridized carbons (Fsp3) is 0.774. The summed E-state index contributed by atoms with van der Waals surface area (Å²) in [5.41, 5.74) is -4.81. The van der Waals surface area contributed by atoms with Crippen molar-refractivity contribution in [3.63, 3.8) is 0 Å². The molecule has 6 fully saturated rings. The lowest BCUT2D eigenvalue weighted by molar-refractivity contribution is -0.318. The Morgan fingerprint density at radius 3 is 2.33 bits per heavy atom. The van der Waals surface area contributed by atoms with Crippen molar-refractivity contribution in [1.82, 2.24) is 4.90 Å². The van der Waals surface area contributed by atoms with Gasteiger partial charge >= 0.3 is 5.97 Å². The number of methoxy groups -OCH3 is 4. The number of aliphatic hydroxyl groups is 4. The molecule has 15 atom stereocenters. The lowest BCUT2D eigenvalue weighted by atomic mass is 9.42. The molecule has 7 rings (SSSR count). The number of hydrogen-bond donors (Lipinski definition) is 4. The molecular formula is C31H43NO10. The van der Waals surface area contributed by atoms with Gasteiger partial charge in [-0.25, -0.2) is 4.79 Å². The monoisotopic (exact) mass is 589 g/mol. The van der Waals surface area contributed by atoms with Crippen LogP contribution in [0.25, 0.3) is 0 Å². The topological polar surface area (TPSA) is 147 Å². The van der Waals surface area contributed by atoms with Gasteiger partial charge in [0.05, 0.1) is 30.5 Å². The minimum atomic E-state index is -1.86. The van der Waals surface area contributed by atoms with Gasteiger partial charge in [0.2, 0.25) is 0 Å². The van der Waals surface area contributed by atoms with Crippen molar-refractivity contribution in [2.75, 3.05) is 48.6 Å². The lowest BCUT2D eigenvalue weighted by Gasteiger charge is -2.69. The third kappa shape index (κ3) is 3.05. The number of rotatable bonds is 7. The van der Waals surface area contributed by atoms with Gasteiger partial charge in [-0.15, -0.1) is 0 Å². The Morgan fingerprint density at radius 1 is 1.00 bits per heavy atom. The van der Waals surface area contributed by atoms with E-state index in [0.717, 1.165) is 0 Å². The molecule has 0 amide bonds. The van der Waals surface area contributed by atoms with Crippen LogP contribution in [0.15, 0.2) is 30.3 Å². The highest BCUT2D eigenvalue weighted by molar-refractivity contribution is 5.89. The van der Waals surface area contributed by atoms with Crippen molar-refractivity contribution in [2.45, 2.75) is 66.7 Å². The maximum atomic E-state index is 13.5. The molecule has 42 heavy (non-hydrogen) atoms. The van der Waals surface area contributed by atoms with Crippen LogP contribution < -0.4 is 0 Å². The molecule has 1 aromatic carbocycles. The molecule has 4 N–H and O–H groups in total. The number of hydrogen-bond acceptors (Lipinski definition) is 11. The van der Waals surface area contributed by atoms with Gasteiger partial charge in [0, 0.05) is 76.0 Å². The van der Waals surface area contributed by atoms with Crippen LogP contribution in [0, 0.1) is 34.5 Å². The first-order valence-electron chi connectivity index (χ1n) is 14.9. The Labute approximate surface area is 245 Å². The molecule has 7 bridgehead atoms. The van der Waals surface area contributed by atoms with E-state index in [1.165, 1.54) is 7.11 Å². The van der Waals surface area contributed by atoms with Crippen molar-refractivity contribution in [1.29, 1.82) is 0 Å². The summed E-state index contributed by atoms with van der Waals surface area (Å²) < 4.78 is 30.3. The van der Waals surface area contributed by atoms with E-state index in [9.17, 15) is 25.2 Å². The molecule has 1 saturated heterocycles. The first-order valence-corrected chi connectivity index (χ1v) is 14.9. The van der Waals surface area contributed by atoms with Gasteiger partial charge in [0.25, 0.3) is 0 Å². The number of benzene rings is 1. The lowest BCUT2D eigenvalue weighted by Crippen LogP contribution is -2.80. The number of ether oxygens (including phenoxy) is 5. The fourth-order valence-electron chi connectivity index (χ4n) is 11.8. The van der Waals surface area contributed by atoms with E-state index < -0.39 is 82.4 Å². The first-order chi connectivity index (χ1) is 20.0. The first kappa shape index (κ1) is 29.1. The van der Waals surface area contributed by atoms with E-state index in [4.69, 9.17) is 23.7 Å². The Hall–Kier alpha value is -1.67. The fourth-order valence-corrected chi connectivity index (χ4v) is 11.8. The summed E-state index contributed by atoms with van der Waals surface area (Å²) in [5, 5.41) is 49.4. The van der Waals surface area contributed by atoms with Crippen molar-refractivity contribution < 1.29 is 48.9 Å². The molecule has 6 aliphatic rings. The molecule has 1 spiro atoms. The molecule has 232 valence electrons. The van der Waals surface area contributed by atoms with Crippen molar-refractivity contribution in [3.05, 3.63) is 35.9 Å². The molecule has 1 heterocycles.